The second-order valence-corrected chi connectivity index (χ2v) is 7.57. The Morgan fingerprint density at radius 3 is 2.48 bits per heavy atom. The molecule has 0 radical (unpaired) electrons. The van der Waals surface area contributed by atoms with Gasteiger partial charge in [-0.05, 0) is 55.8 Å². The molecule has 0 fully saturated rings. The number of benzene rings is 2. The molecule has 0 bridgehead atoms. The molecule has 0 saturated heterocycles. The number of anilines is 1. The summed E-state index contributed by atoms with van der Waals surface area (Å²) >= 11 is 13.9. The van der Waals surface area contributed by atoms with Crippen molar-refractivity contribution in [2.24, 2.45) is 5.10 Å². The van der Waals surface area contributed by atoms with E-state index in [1.54, 1.807) is 30.5 Å². The van der Waals surface area contributed by atoms with Crippen LogP contribution in [-0.4, -0.2) is 17.3 Å². The van der Waals surface area contributed by atoms with Crippen LogP contribution in [0.5, 0.6) is 5.75 Å². The van der Waals surface area contributed by atoms with Gasteiger partial charge in [0.15, 0.2) is 5.75 Å². The Balaban J connectivity index is 1.68. The Hall–Kier alpha value is -2.15. The molecule has 0 amide bonds. The summed E-state index contributed by atoms with van der Waals surface area (Å²) < 4.78 is 18.6. The van der Waals surface area contributed by atoms with Crippen LogP contribution in [0.4, 0.5) is 9.52 Å². The molecule has 3 aromatic rings. The Kier molecular flexibility index (Phi) is 6.31. The number of halogens is 3. The second-order valence-electron chi connectivity index (χ2n) is 5.90. The number of hydrazone groups is 1. The van der Waals surface area contributed by atoms with Crippen LogP contribution in [0.2, 0.25) is 10.0 Å². The fraction of sp³-hybridized carbons (Fsp3) is 0.158. The Bertz CT molecular complexity index is 935. The quantitative estimate of drug-likeness (QED) is 0.364. The fourth-order valence-electron chi connectivity index (χ4n) is 2.24. The molecule has 0 aliphatic rings. The molecular formula is C19H16Cl2FN3OS. The van der Waals surface area contributed by atoms with E-state index in [2.05, 4.69) is 15.5 Å². The van der Waals surface area contributed by atoms with Crippen molar-refractivity contribution in [3.05, 3.63) is 63.2 Å². The number of aromatic nitrogens is 1. The maximum Gasteiger partial charge on any atom is 0.203 e. The molecule has 4 nitrogen and oxygen atoms in total. The van der Waals surface area contributed by atoms with Crippen LogP contribution >= 0.6 is 34.5 Å². The number of hydrogen-bond acceptors (Lipinski definition) is 5. The van der Waals surface area contributed by atoms with Crippen LogP contribution < -0.4 is 10.2 Å². The first-order valence-corrected chi connectivity index (χ1v) is 9.72. The molecule has 1 aromatic heterocycles. The van der Waals surface area contributed by atoms with E-state index < -0.39 is 0 Å². The lowest BCUT2D eigenvalue weighted by Crippen LogP contribution is -2.06. The number of hydrogen-bond donors (Lipinski definition) is 1. The maximum absolute atomic E-state index is 13.0. The molecule has 2 aromatic carbocycles. The van der Waals surface area contributed by atoms with Crippen LogP contribution in [0.15, 0.2) is 46.9 Å². The highest BCUT2D eigenvalue weighted by Gasteiger charge is 2.10. The van der Waals surface area contributed by atoms with Gasteiger partial charge < -0.3 is 4.74 Å². The van der Waals surface area contributed by atoms with E-state index in [0.29, 0.717) is 20.9 Å². The second kappa shape index (κ2) is 8.69. The summed E-state index contributed by atoms with van der Waals surface area (Å²) in [6, 6.07) is 9.62. The number of ether oxygens (including phenoxy) is 1. The molecule has 0 unspecified atom stereocenters. The third-order valence-electron chi connectivity index (χ3n) is 3.39. The first-order chi connectivity index (χ1) is 12.9. The summed E-state index contributed by atoms with van der Waals surface area (Å²) in [5, 5.41) is 7.49. The molecule has 1 N–H and O–H groups in total. The smallest absolute Gasteiger partial charge is 0.203 e. The molecule has 1 heterocycles. The summed E-state index contributed by atoms with van der Waals surface area (Å²) in [6.45, 7) is 3.81. The summed E-state index contributed by atoms with van der Waals surface area (Å²) in [7, 11) is 0. The zero-order valence-corrected chi connectivity index (χ0v) is 16.9. The van der Waals surface area contributed by atoms with Gasteiger partial charge >= 0.3 is 0 Å². The van der Waals surface area contributed by atoms with Crippen LogP contribution in [0.1, 0.15) is 19.4 Å². The van der Waals surface area contributed by atoms with Crippen molar-refractivity contribution in [1.29, 1.82) is 0 Å². The predicted molar refractivity (Wildman–Crippen MR) is 111 cm³/mol. The van der Waals surface area contributed by atoms with E-state index in [0.717, 1.165) is 16.8 Å². The molecule has 140 valence electrons. The van der Waals surface area contributed by atoms with Gasteiger partial charge in [-0.1, -0.05) is 23.2 Å². The number of nitrogens with zero attached hydrogens (tertiary/aromatic N) is 2. The zero-order chi connectivity index (χ0) is 19.4. The van der Waals surface area contributed by atoms with Crippen molar-refractivity contribution < 1.29 is 9.13 Å². The molecular weight excluding hydrogens is 408 g/mol. The minimum atomic E-state index is -0.279. The van der Waals surface area contributed by atoms with Gasteiger partial charge in [-0.15, -0.1) is 11.3 Å². The first kappa shape index (κ1) is 19.6. The molecule has 0 aliphatic carbocycles. The Morgan fingerprint density at radius 1 is 1.19 bits per heavy atom. The van der Waals surface area contributed by atoms with E-state index in [-0.39, 0.29) is 11.9 Å². The highest BCUT2D eigenvalue weighted by Crippen LogP contribution is 2.34. The molecule has 0 saturated carbocycles. The lowest BCUT2D eigenvalue weighted by molar-refractivity contribution is 0.243. The van der Waals surface area contributed by atoms with Gasteiger partial charge in [0.2, 0.25) is 5.13 Å². The van der Waals surface area contributed by atoms with Gasteiger partial charge in [-0.25, -0.2) is 9.37 Å². The van der Waals surface area contributed by atoms with E-state index in [9.17, 15) is 4.39 Å². The molecule has 0 atom stereocenters. The van der Waals surface area contributed by atoms with Gasteiger partial charge in [-0.3, -0.25) is 5.43 Å². The summed E-state index contributed by atoms with van der Waals surface area (Å²) in [5.74, 6) is 0.182. The highest BCUT2D eigenvalue weighted by atomic mass is 35.5. The summed E-state index contributed by atoms with van der Waals surface area (Å²) in [6.07, 6.45) is 1.57. The molecule has 3 rings (SSSR count). The molecule has 8 heteroatoms. The normalized spacial score (nSPS) is 11.3. The first-order valence-electron chi connectivity index (χ1n) is 8.08. The minimum absolute atomic E-state index is 0.0265. The van der Waals surface area contributed by atoms with E-state index in [1.807, 2.05) is 19.2 Å². The number of thiazole rings is 1. The molecule has 27 heavy (non-hydrogen) atoms. The van der Waals surface area contributed by atoms with Crippen molar-refractivity contribution in [1.82, 2.24) is 4.98 Å². The Morgan fingerprint density at radius 2 is 1.85 bits per heavy atom. The Labute approximate surface area is 170 Å². The topological polar surface area (TPSA) is 46.5 Å². The van der Waals surface area contributed by atoms with Crippen molar-refractivity contribution in [2.45, 2.75) is 20.0 Å². The lowest BCUT2D eigenvalue weighted by atomic mass is 10.2. The third-order valence-corrected chi connectivity index (χ3v) is 4.70. The predicted octanol–water partition coefficient (Wildman–Crippen LogP) is 6.49. The maximum atomic E-state index is 13.0. The summed E-state index contributed by atoms with van der Waals surface area (Å²) in [4.78, 5) is 4.42. The van der Waals surface area contributed by atoms with Gasteiger partial charge in [0.25, 0.3) is 0 Å². The van der Waals surface area contributed by atoms with Gasteiger partial charge in [0.1, 0.15) is 5.82 Å². The number of rotatable bonds is 6. The van der Waals surface area contributed by atoms with Crippen LogP contribution in [0, 0.1) is 5.82 Å². The van der Waals surface area contributed by atoms with Crippen molar-refractivity contribution in [3.63, 3.8) is 0 Å². The van der Waals surface area contributed by atoms with Gasteiger partial charge in [-0.2, -0.15) is 5.10 Å². The van der Waals surface area contributed by atoms with Gasteiger partial charge in [0.05, 0.1) is 28.1 Å². The third kappa shape index (κ3) is 5.19. The van der Waals surface area contributed by atoms with E-state index >= 15 is 0 Å². The fourth-order valence-corrected chi connectivity index (χ4v) is 3.50. The van der Waals surface area contributed by atoms with Gasteiger partial charge in [0, 0.05) is 10.9 Å². The van der Waals surface area contributed by atoms with Crippen LogP contribution in [-0.2, 0) is 0 Å². The zero-order valence-electron chi connectivity index (χ0n) is 14.5. The van der Waals surface area contributed by atoms with Crippen molar-refractivity contribution in [3.8, 4) is 17.0 Å². The highest BCUT2D eigenvalue weighted by molar-refractivity contribution is 7.14. The largest absolute Gasteiger partial charge is 0.488 e. The van der Waals surface area contributed by atoms with Crippen LogP contribution in [0.25, 0.3) is 11.3 Å². The standard InChI is InChI=1S/C19H16Cl2FN3OS/c1-11(2)26-18-15(20)7-12(8-16(18)21)9-23-25-19-24-17(10-27-19)13-3-5-14(22)6-4-13/h3-11H,1-2H3,(H,24,25)/b23-9-. The molecule has 0 aliphatic heterocycles. The monoisotopic (exact) mass is 423 g/mol. The SMILES string of the molecule is CC(C)Oc1c(Cl)cc(/C=N\Nc2nc(-c3ccc(F)cc3)cs2)cc1Cl. The molecule has 0 spiro atoms. The average Bonchev–Trinajstić information content (AvgIpc) is 3.07. The average molecular weight is 424 g/mol. The minimum Gasteiger partial charge on any atom is -0.488 e. The van der Waals surface area contributed by atoms with Crippen molar-refractivity contribution >= 4 is 45.9 Å². The summed E-state index contributed by atoms with van der Waals surface area (Å²) in [5.41, 5.74) is 5.18. The lowest BCUT2D eigenvalue weighted by Gasteiger charge is -2.13. The number of nitrogens with one attached hydrogen (secondary N) is 1. The van der Waals surface area contributed by atoms with Crippen molar-refractivity contribution in [2.75, 3.05) is 5.43 Å². The van der Waals surface area contributed by atoms with E-state index in [1.165, 1.54) is 23.5 Å². The van der Waals surface area contributed by atoms with Crippen LogP contribution in [0.3, 0.4) is 0 Å². The van der Waals surface area contributed by atoms with E-state index in [4.69, 9.17) is 27.9 Å².